The summed E-state index contributed by atoms with van der Waals surface area (Å²) in [5, 5.41) is 4.81. The van der Waals surface area contributed by atoms with Crippen molar-refractivity contribution in [2.24, 2.45) is 7.05 Å². The van der Waals surface area contributed by atoms with Gasteiger partial charge in [0.05, 0.1) is 11.8 Å². The summed E-state index contributed by atoms with van der Waals surface area (Å²) in [5.74, 6) is 0.696. The fourth-order valence-corrected chi connectivity index (χ4v) is 2.51. The molecule has 0 radical (unpaired) electrons. The highest BCUT2D eigenvalue weighted by Crippen LogP contribution is 2.29. The Morgan fingerprint density at radius 3 is 2.82 bits per heavy atom. The first-order chi connectivity index (χ1) is 8.16. The number of nitrogens with zero attached hydrogens (tertiary/aromatic N) is 4. The van der Waals surface area contributed by atoms with Crippen LogP contribution in [0.25, 0.3) is 11.4 Å². The Labute approximate surface area is 105 Å². The fraction of sp³-hybridized carbons (Fsp3) is 0.417. The van der Waals surface area contributed by atoms with E-state index in [9.17, 15) is 0 Å². The summed E-state index contributed by atoms with van der Waals surface area (Å²) in [6, 6.07) is 0. The summed E-state index contributed by atoms with van der Waals surface area (Å²) in [5.41, 5.74) is 4.24. The van der Waals surface area contributed by atoms with Crippen molar-refractivity contribution in [2.75, 3.05) is 0 Å². The molecule has 0 saturated carbocycles. The van der Waals surface area contributed by atoms with Crippen molar-refractivity contribution < 1.29 is 0 Å². The highest BCUT2D eigenvalue weighted by atomic mass is 35.5. The second kappa shape index (κ2) is 3.81. The highest BCUT2D eigenvalue weighted by Gasteiger charge is 2.20. The molecular weight excluding hydrogens is 236 g/mol. The first-order valence-corrected chi connectivity index (χ1v) is 6.09. The van der Waals surface area contributed by atoms with Crippen LogP contribution >= 0.6 is 11.6 Å². The summed E-state index contributed by atoms with van der Waals surface area (Å²) < 4.78 is 1.82. The molecule has 88 valence electrons. The normalized spacial score (nSPS) is 14.1. The smallest absolute Gasteiger partial charge is 0.164 e. The Hall–Kier alpha value is -1.42. The van der Waals surface area contributed by atoms with E-state index in [0.29, 0.717) is 11.0 Å². The Kier molecular flexibility index (Phi) is 2.40. The SMILES string of the molecule is Cc1c(-c2nc(Cl)c3c(n2)CCC3)cnn1C. The van der Waals surface area contributed by atoms with Crippen LogP contribution in [0.3, 0.4) is 0 Å². The molecule has 0 spiro atoms. The Bertz CT molecular complexity index is 588. The van der Waals surface area contributed by atoms with Gasteiger partial charge < -0.3 is 0 Å². The Balaban J connectivity index is 2.16. The molecule has 0 unspecified atom stereocenters. The third kappa shape index (κ3) is 1.63. The van der Waals surface area contributed by atoms with E-state index in [4.69, 9.17) is 11.6 Å². The maximum Gasteiger partial charge on any atom is 0.164 e. The topological polar surface area (TPSA) is 43.6 Å². The lowest BCUT2D eigenvalue weighted by atomic mass is 10.2. The number of aryl methyl sites for hydroxylation is 2. The van der Waals surface area contributed by atoms with Crippen LogP contribution in [-0.4, -0.2) is 19.7 Å². The van der Waals surface area contributed by atoms with Crippen molar-refractivity contribution in [1.29, 1.82) is 0 Å². The maximum atomic E-state index is 6.21. The lowest BCUT2D eigenvalue weighted by Crippen LogP contribution is -1.99. The van der Waals surface area contributed by atoms with E-state index in [1.165, 1.54) is 0 Å². The molecule has 0 N–H and O–H groups in total. The van der Waals surface area contributed by atoms with Gasteiger partial charge in [0.2, 0.25) is 0 Å². The summed E-state index contributed by atoms with van der Waals surface area (Å²) in [4.78, 5) is 9.00. The van der Waals surface area contributed by atoms with Gasteiger partial charge >= 0.3 is 0 Å². The average Bonchev–Trinajstić information content (AvgIpc) is 2.88. The molecule has 1 aliphatic carbocycles. The third-order valence-corrected chi connectivity index (χ3v) is 3.67. The third-order valence-electron chi connectivity index (χ3n) is 3.36. The summed E-state index contributed by atoms with van der Waals surface area (Å²) in [6.45, 7) is 2.01. The van der Waals surface area contributed by atoms with Crippen molar-refractivity contribution in [1.82, 2.24) is 19.7 Å². The van der Waals surface area contributed by atoms with Gasteiger partial charge in [-0.2, -0.15) is 5.10 Å². The van der Waals surface area contributed by atoms with Gasteiger partial charge in [-0.25, -0.2) is 9.97 Å². The lowest BCUT2D eigenvalue weighted by Gasteiger charge is -2.05. The minimum absolute atomic E-state index is 0.603. The van der Waals surface area contributed by atoms with Crippen molar-refractivity contribution in [3.8, 4) is 11.4 Å². The molecule has 2 heterocycles. The molecule has 0 aromatic carbocycles. The number of halogens is 1. The summed E-state index contributed by atoms with van der Waals surface area (Å²) >= 11 is 6.21. The summed E-state index contributed by atoms with van der Waals surface area (Å²) in [7, 11) is 1.91. The minimum atomic E-state index is 0.603. The zero-order valence-electron chi connectivity index (χ0n) is 9.87. The molecule has 4 nitrogen and oxygen atoms in total. The molecule has 3 rings (SSSR count). The van der Waals surface area contributed by atoms with Crippen LogP contribution < -0.4 is 0 Å². The molecule has 17 heavy (non-hydrogen) atoms. The molecule has 5 heteroatoms. The Morgan fingerprint density at radius 2 is 2.12 bits per heavy atom. The van der Waals surface area contributed by atoms with Crippen LogP contribution in [0.15, 0.2) is 6.20 Å². The average molecular weight is 249 g/mol. The van der Waals surface area contributed by atoms with Gasteiger partial charge in [-0.05, 0) is 26.2 Å². The first-order valence-electron chi connectivity index (χ1n) is 5.71. The molecule has 0 fully saturated rings. The molecule has 0 aliphatic heterocycles. The zero-order chi connectivity index (χ0) is 12.0. The van der Waals surface area contributed by atoms with E-state index in [1.807, 2.05) is 18.7 Å². The van der Waals surface area contributed by atoms with Gasteiger partial charge in [0.15, 0.2) is 5.82 Å². The van der Waals surface area contributed by atoms with E-state index in [-0.39, 0.29) is 0 Å². The molecule has 0 bridgehead atoms. The van der Waals surface area contributed by atoms with Crippen LogP contribution in [0.5, 0.6) is 0 Å². The summed E-state index contributed by atoms with van der Waals surface area (Å²) in [6.07, 6.45) is 4.92. The largest absolute Gasteiger partial charge is 0.272 e. The number of hydrogen-bond donors (Lipinski definition) is 0. The number of hydrogen-bond acceptors (Lipinski definition) is 3. The molecule has 0 saturated heterocycles. The fourth-order valence-electron chi connectivity index (χ4n) is 2.23. The quantitative estimate of drug-likeness (QED) is 0.728. The highest BCUT2D eigenvalue weighted by molar-refractivity contribution is 6.30. The van der Waals surface area contributed by atoms with Gasteiger partial charge in [0.1, 0.15) is 5.15 Å². The van der Waals surface area contributed by atoms with Crippen LogP contribution in [0.4, 0.5) is 0 Å². The molecule has 2 aromatic rings. The van der Waals surface area contributed by atoms with Crippen LogP contribution in [0, 0.1) is 6.92 Å². The predicted octanol–water partition coefficient (Wildman–Crippen LogP) is 2.33. The second-order valence-electron chi connectivity index (χ2n) is 4.38. The van der Waals surface area contributed by atoms with Gasteiger partial charge in [-0.15, -0.1) is 0 Å². The van der Waals surface area contributed by atoms with E-state index in [1.54, 1.807) is 6.20 Å². The van der Waals surface area contributed by atoms with E-state index < -0.39 is 0 Å². The molecule has 0 amide bonds. The minimum Gasteiger partial charge on any atom is -0.272 e. The van der Waals surface area contributed by atoms with Crippen LogP contribution in [0.2, 0.25) is 5.15 Å². The zero-order valence-corrected chi connectivity index (χ0v) is 10.6. The Morgan fingerprint density at radius 1 is 1.29 bits per heavy atom. The second-order valence-corrected chi connectivity index (χ2v) is 4.74. The van der Waals surface area contributed by atoms with E-state index in [2.05, 4.69) is 15.1 Å². The van der Waals surface area contributed by atoms with Crippen molar-refractivity contribution in [2.45, 2.75) is 26.2 Å². The molecule has 2 aromatic heterocycles. The molecular formula is C12H13ClN4. The van der Waals surface area contributed by atoms with E-state index in [0.717, 1.165) is 41.8 Å². The van der Waals surface area contributed by atoms with Gasteiger partial charge in [-0.1, -0.05) is 11.6 Å². The van der Waals surface area contributed by atoms with Crippen molar-refractivity contribution in [3.63, 3.8) is 0 Å². The van der Waals surface area contributed by atoms with Gasteiger partial charge in [0, 0.05) is 24.0 Å². The van der Waals surface area contributed by atoms with Crippen molar-refractivity contribution >= 4 is 11.6 Å². The van der Waals surface area contributed by atoms with Crippen LogP contribution in [-0.2, 0) is 19.9 Å². The number of aromatic nitrogens is 4. The first kappa shape index (κ1) is 10.7. The van der Waals surface area contributed by atoms with E-state index >= 15 is 0 Å². The molecule has 0 atom stereocenters. The predicted molar refractivity (Wildman–Crippen MR) is 66.0 cm³/mol. The lowest BCUT2D eigenvalue weighted by molar-refractivity contribution is 0.740. The van der Waals surface area contributed by atoms with Crippen molar-refractivity contribution in [3.05, 3.63) is 28.3 Å². The monoisotopic (exact) mass is 248 g/mol. The standard InChI is InChI=1S/C12H13ClN4/c1-7-9(6-14-17(7)2)12-15-10-5-3-4-8(10)11(13)16-12/h6H,3-5H2,1-2H3. The van der Waals surface area contributed by atoms with Gasteiger partial charge in [-0.3, -0.25) is 4.68 Å². The molecule has 1 aliphatic rings. The number of fused-ring (bicyclic) bond motifs is 1. The van der Waals surface area contributed by atoms with Crippen LogP contribution in [0.1, 0.15) is 23.4 Å². The maximum absolute atomic E-state index is 6.21. The van der Waals surface area contributed by atoms with Gasteiger partial charge in [0.25, 0.3) is 0 Å². The number of rotatable bonds is 1.